The molecule has 0 aliphatic carbocycles. The van der Waals surface area contributed by atoms with E-state index in [2.05, 4.69) is 0 Å². The fourth-order valence-electron chi connectivity index (χ4n) is 1.94. The number of carboxylic acids is 1. The third-order valence-corrected chi connectivity index (χ3v) is 3.40. The highest BCUT2D eigenvalue weighted by molar-refractivity contribution is 5.68. The molecule has 0 fully saturated rings. The van der Waals surface area contributed by atoms with Gasteiger partial charge in [0.1, 0.15) is 11.6 Å². The van der Waals surface area contributed by atoms with Crippen molar-refractivity contribution in [2.45, 2.75) is 32.6 Å². The molecule has 0 radical (unpaired) electrons. The molecule has 0 heterocycles. The fourth-order valence-corrected chi connectivity index (χ4v) is 1.94. The van der Waals surface area contributed by atoms with E-state index in [1.54, 1.807) is 31.2 Å². The molecular formula is C20H22F2O4. The molecule has 0 aromatic heterocycles. The molecule has 0 atom stereocenters. The second-order valence-corrected chi connectivity index (χ2v) is 5.47. The lowest BCUT2D eigenvalue weighted by Gasteiger charge is -2.02. The van der Waals surface area contributed by atoms with Crippen molar-refractivity contribution in [3.63, 3.8) is 0 Å². The van der Waals surface area contributed by atoms with Gasteiger partial charge in [0.25, 0.3) is 0 Å². The van der Waals surface area contributed by atoms with E-state index in [0.717, 1.165) is 11.1 Å². The smallest absolute Gasteiger partial charge is 0.305 e. The molecule has 0 saturated carbocycles. The lowest BCUT2D eigenvalue weighted by atomic mass is 10.1. The summed E-state index contributed by atoms with van der Waals surface area (Å²) in [5.74, 6) is -1.58. The second kappa shape index (κ2) is 11.7. The monoisotopic (exact) mass is 364 g/mol. The first-order valence-corrected chi connectivity index (χ1v) is 8.27. The average Bonchev–Trinajstić information content (AvgIpc) is 2.63. The van der Waals surface area contributed by atoms with Crippen molar-refractivity contribution in [2.75, 3.05) is 6.61 Å². The van der Waals surface area contributed by atoms with E-state index in [4.69, 9.17) is 9.84 Å². The number of rotatable bonds is 7. The van der Waals surface area contributed by atoms with Crippen LogP contribution in [0.4, 0.5) is 8.78 Å². The Kier molecular flexibility index (Phi) is 9.61. The van der Waals surface area contributed by atoms with Crippen LogP contribution in [0.15, 0.2) is 48.5 Å². The molecule has 0 aliphatic heterocycles. The summed E-state index contributed by atoms with van der Waals surface area (Å²) in [7, 11) is 0. The van der Waals surface area contributed by atoms with Crippen molar-refractivity contribution < 1.29 is 28.2 Å². The van der Waals surface area contributed by atoms with E-state index in [1.165, 1.54) is 24.3 Å². The maximum absolute atomic E-state index is 12.5. The molecule has 0 bridgehead atoms. The van der Waals surface area contributed by atoms with Gasteiger partial charge in [0.2, 0.25) is 0 Å². The van der Waals surface area contributed by atoms with Crippen molar-refractivity contribution in [2.24, 2.45) is 0 Å². The lowest BCUT2D eigenvalue weighted by molar-refractivity contribution is -0.143. The number of benzene rings is 2. The van der Waals surface area contributed by atoms with Gasteiger partial charge in [-0.3, -0.25) is 9.59 Å². The molecule has 26 heavy (non-hydrogen) atoms. The average molecular weight is 364 g/mol. The van der Waals surface area contributed by atoms with Gasteiger partial charge in [-0.2, -0.15) is 0 Å². The van der Waals surface area contributed by atoms with Crippen molar-refractivity contribution in [3.05, 3.63) is 71.3 Å². The summed E-state index contributed by atoms with van der Waals surface area (Å²) in [6.45, 7) is 2.11. The van der Waals surface area contributed by atoms with E-state index < -0.39 is 5.97 Å². The molecule has 0 amide bonds. The Morgan fingerprint density at radius 1 is 0.885 bits per heavy atom. The number of aliphatic carboxylic acids is 1. The Bertz CT molecular complexity index is 682. The summed E-state index contributed by atoms with van der Waals surface area (Å²) in [6.07, 6.45) is 1.57. The lowest BCUT2D eigenvalue weighted by Crippen LogP contribution is -2.05. The maximum Gasteiger partial charge on any atom is 0.305 e. The van der Waals surface area contributed by atoms with Gasteiger partial charge in [0.15, 0.2) is 0 Å². The predicted octanol–water partition coefficient (Wildman–Crippen LogP) is 4.16. The molecule has 140 valence electrons. The molecule has 2 aromatic rings. The van der Waals surface area contributed by atoms with E-state index in [-0.39, 0.29) is 24.0 Å². The van der Waals surface area contributed by atoms with Crippen molar-refractivity contribution in [1.29, 1.82) is 0 Å². The van der Waals surface area contributed by atoms with Gasteiger partial charge in [-0.05, 0) is 41.8 Å². The third-order valence-electron chi connectivity index (χ3n) is 3.40. The molecule has 2 rings (SSSR count). The number of aryl methyl sites for hydroxylation is 1. The largest absolute Gasteiger partial charge is 0.481 e. The minimum atomic E-state index is -0.834. The molecule has 1 N–H and O–H groups in total. The van der Waals surface area contributed by atoms with Crippen LogP contribution in [-0.4, -0.2) is 23.7 Å². The molecule has 0 spiro atoms. The molecule has 0 aliphatic rings. The first kappa shape index (κ1) is 21.3. The van der Waals surface area contributed by atoms with Crippen molar-refractivity contribution in [1.82, 2.24) is 0 Å². The minimum absolute atomic E-state index is 0.0889. The highest BCUT2D eigenvalue weighted by Crippen LogP contribution is 2.05. The van der Waals surface area contributed by atoms with Gasteiger partial charge >= 0.3 is 11.9 Å². The highest BCUT2D eigenvalue weighted by Gasteiger charge is 1.99. The van der Waals surface area contributed by atoms with E-state index in [0.29, 0.717) is 25.9 Å². The van der Waals surface area contributed by atoms with Crippen LogP contribution in [0.3, 0.4) is 0 Å². The number of hydrogen-bond acceptors (Lipinski definition) is 3. The molecule has 0 unspecified atom stereocenters. The normalized spacial score (nSPS) is 9.81. The molecule has 4 nitrogen and oxygen atoms in total. The van der Waals surface area contributed by atoms with Gasteiger partial charge in [-0.25, -0.2) is 8.78 Å². The van der Waals surface area contributed by atoms with Gasteiger partial charge in [-0.15, -0.1) is 0 Å². The Balaban J connectivity index is 0.000000263. The van der Waals surface area contributed by atoms with Gasteiger partial charge in [0.05, 0.1) is 6.61 Å². The first-order chi connectivity index (χ1) is 12.4. The van der Waals surface area contributed by atoms with Crippen molar-refractivity contribution in [3.8, 4) is 0 Å². The zero-order valence-corrected chi connectivity index (χ0v) is 14.6. The predicted molar refractivity (Wildman–Crippen MR) is 93.7 cm³/mol. The van der Waals surface area contributed by atoms with E-state index in [1.807, 2.05) is 0 Å². The minimum Gasteiger partial charge on any atom is -0.481 e. The molecular weight excluding hydrogens is 342 g/mol. The van der Waals surface area contributed by atoms with Crippen LogP contribution in [0.2, 0.25) is 0 Å². The number of carbonyl (C=O) groups excluding carboxylic acids is 1. The van der Waals surface area contributed by atoms with Crippen LogP contribution in [0.1, 0.15) is 30.9 Å². The number of carboxylic acid groups (broad SMARTS) is 1. The summed E-state index contributed by atoms with van der Waals surface area (Å²) in [6, 6.07) is 12.0. The summed E-state index contributed by atoms with van der Waals surface area (Å²) in [5.41, 5.74) is 1.81. The van der Waals surface area contributed by atoms with Crippen LogP contribution < -0.4 is 0 Å². The van der Waals surface area contributed by atoms with Crippen LogP contribution >= 0.6 is 0 Å². The zero-order chi connectivity index (χ0) is 19.4. The number of hydrogen-bond donors (Lipinski definition) is 1. The summed E-state index contributed by atoms with van der Waals surface area (Å²) in [4.78, 5) is 20.9. The Morgan fingerprint density at radius 3 is 1.77 bits per heavy atom. The zero-order valence-electron chi connectivity index (χ0n) is 14.6. The van der Waals surface area contributed by atoms with Crippen molar-refractivity contribution >= 4 is 11.9 Å². The Hall–Kier alpha value is -2.76. The fraction of sp³-hybridized carbons (Fsp3) is 0.300. The Labute approximate surface area is 151 Å². The maximum atomic E-state index is 12.5. The molecule has 2 aromatic carbocycles. The van der Waals surface area contributed by atoms with Crippen LogP contribution in [-0.2, 0) is 27.2 Å². The number of ether oxygens (including phenoxy) is 1. The number of halogens is 2. The second-order valence-electron chi connectivity index (χ2n) is 5.47. The van der Waals surface area contributed by atoms with Gasteiger partial charge in [0, 0.05) is 19.3 Å². The highest BCUT2D eigenvalue weighted by atomic mass is 19.1. The first-order valence-electron chi connectivity index (χ1n) is 8.27. The molecule has 6 heteroatoms. The molecule has 0 saturated heterocycles. The van der Waals surface area contributed by atoms with Gasteiger partial charge < -0.3 is 9.84 Å². The van der Waals surface area contributed by atoms with Crippen LogP contribution in [0, 0.1) is 11.6 Å². The van der Waals surface area contributed by atoms with Crippen LogP contribution in [0.25, 0.3) is 0 Å². The van der Waals surface area contributed by atoms with E-state index >= 15 is 0 Å². The standard InChI is InChI=1S/C11H13FO2.C9H9FO2/c1-2-11(13)14-8-7-9-3-5-10(12)6-4-9;10-8-4-1-7(2-5-8)3-6-9(11)12/h3-6H,2,7-8H2,1H3;1-2,4-5H,3,6H2,(H,11,12). The van der Waals surface area contributed by atoms with Gasteiger partial charge in [-0.1, -0.05) is 31.2 Å². The van der Waals surface area contributed by atoms with E-state index in [9.17, 15) is 18.4 Å². The quantitative estimate of drug-likeness (QED) is 0.749. The third kappa shape index (κ3) is 9.52. The number of carbonyl (C=O) groups is 2. The summed E-state index contributed by atoms with van der Waals surface area (Å²) in [5, 5.41) is 8.36. The number of esters is 1. The Morgan fingerprint density at radius 2 is 1.35 bits per heavy atom. The topological polar surface area (TPSA) is 63.6 Å². The summed E-state index contributed by atoms with van der Waals surface area (Å²) >= 11 is 0. The SMILES string of the molecule is CCC(=O)OCCc1ccc(F)cc1.O=C(O)CCc1ccc(F)cc1. The van der Waals surface area contributed by atoms with Crippen LogP contribution in [0.5, 0.6) is 0 Å². The summed E-state index contributed by atoms with van der Waals surface area (Å²) < 4.78 is 29.8.